The molecule has 0 saturated heterocycles. The van der Waals surface area contributed by atoms with Gasteiger partial charge in [0.2, 0.25) is 0 Å². The maximum absolute atomic E-state index is 5.39. The van der Waals surface area contributed by atoms with Crippen LogP contribution in [0.2, 0.25) is 0 Å². The first-order chi connectivity index (χ1) is 6.56. The molecule has 0 aromatic heterocycles. The van der Waals surface area contributed by atoms with Gasteiger partial charge in [-0.25, -0.2) is 0 Å². The molecule has 0 fully saturated rings. The van der Waals surface area contributed by atoms with Gasteiger partial charge in [-0.3, -0.25) is 0 Å². The zero-order valence-corrected chi connectivity index (χ0v) is 10.4. The van der Waals surface area contributed by atoms with E-state index in [9.17, 15) is 0 Å². The summed E-state index contributed by atoms with van der Waals surface area (Å²) in [6.45, 7) is 13.0. The van der Waals surface area contributed by atoms with Gasteiger partial charge in [-0.2, -0.15) is 0 Å². The van der Waals surface area contributed by atoms with Crippen molar-refractivity contribution in [2.24, 2.45) is 5.41 Å². The molecular formula is C12H27NO. The van der Waals surface area contributed by atoms with Gasteiger partial charge >= 0.3 is 0 Å². The summed E-state index contributed by atoms with van der Waals surface area (Å²) in [6.07, 6.45) is 3.49. The summed E-state index contributed by atoms with van der Waals surface area (Å²) in [7, 11) is 0. The highest BCUT2D eigenvalue weighted by Gasteiger charge is 2.08. The van der Waals surface area contributed by atoms with Crippen LogP contribution in [0, 0.1) is 5.41 Å². The lowest BCUT2D eigenvalue weighted by Gasteiger charge is -2.17. The zero-order valence-electron chi connectivity index (χ0n) is 10.4. The Morgan fingerprint density at radius 1 is 1.07 bits per heavy atom. The van der Waals surface area contributed by atoms with E-state index < -0.39 is 0 Å². The molecule has 0 radical (unpaired) electrons. The molecule has 14 heavy (non-hydrogen) atoms. The third-order valence-electron chi connectivity index (χ3n) is 2.04. The molecule has 0 bridgehead atoms. The summed E-state index contributed by atoms with van der Waals surface area (Å²) in [5.41, 5.74) is 0.450. The lowest BCUT2D eigenvalue weighted by molar-refractivity contribution is 0.132. The van der Waals surface area contributed by atoms with Crippen LogP contribution in [-0.2, 0) is 4.74 Å². The highest BCUT2D eigenvalue weighted by Crippen LogP contribution is 2.16. The lowest BCUT2D eigenvalue weighted by Crippen LogP contribution is -2.22. The van der Waals surface area contributed by atoms with E-state index in [0.29, 0.717) is 5.41 Å². The molecule has 0 saturated carbocycles. The Labute approximate surface area is 89.4 Å². The van der Waals surface area contributed by atoms with E-state index in [4.69, 9.17) is 4.74 Å². The predicted octanol–water partition coefficient (Wildman–Crippen LogP) is 2.83. The van der Waals surface area contributed by atoms with E-state index >= 15 is 0 Å². The fraction of sp³-hybridized carbons (Fsp3) is 1.00. The molecule has 0 heterocycles. The van der Waals surface area contributed by atoms with Crippen LogP contribution in [0.3, 0.4) is 0 Å². The molecule has 0 aliphatic carbocycles. The summed E-state index contributed by atoms with van der Waals surface area (Å²) in [6, 6.07) is 0. The second kappa shape index (κ2) is 8.25. The minimum Gasteiger partial charge on any atom is -0.381 e. The van der Waals surface area contributed by atoms with Gasteiger partial charge in [0, 0.05) is 13.2 Å². The SMILES string of the molecule is CCCOCCCNCCC(C)(C)C. The van der Waals surface area contributed by atoms with E-state index in [1.165, 1.54) is 6.42 Å². The van der Waals surface area contributed by atoms with Gasteiger partial charge in [0.1, 0.15) is 0 Å². The van der Waals surface area contributed by atoms with Gasteiger partial charge < -0.3 is 10.1 Å². The Balaban J connectivity index is 2.99. The molecule has 0 aromatic rings. The second-order valence-electron chi connectivity index (χ2n) is 5.03. The summed E-state index contributed by atoms with van der Waals surface area (Å²) >= 11 is 0. The molecule has 1 N–H and O–H groups in total. The van der Waals surface area contributed by atoms with Crippen molar-refractivity contribution in [3.63, 3.8) is 0 Å². The molecule has 0 aromatic carbocycles. The Kier molecular flexibility index (Phi) is 8.20. The second-order valence-corrected chi connectivity index (χ2v) is 5.03. The van der Waals surface area contributed by atoms with Crippen molar-refractivity contribution in [3.05, 3.63) is 0 Å². The van der Waals surface area contributed by atoms with Crippen LogP contribution >= 0.6 is 0 Å². The van der Waals surface area contributed by atoms with Crippen molar-refractivity contribution in [2.75, 3.05) is 26.3 Å². The third-order valence-corrected chi connectivity index (χ3v) is 2.04. The highest BCUT2D eigenvalue weighted by molar-refractivity contribution is 4.62. The van der Waals surface area contributed by atoms with Gasteiger partial charge in [-0.1, -0.05) is 27.7 Å². The van der Waals surface area contributed by atoms with E-state index in [1.54, 1.807) is 0 Å². The van der Waals surface area contributed by atoms with Crippen molar-refractivity contribution >= 4 is 0 Å². The van der Waals surface area contributed by atoms with E-state index in [0.717, 1.165) is 39.1 Å². The number of hydrogen-bond donors (Lipinski definition) is 1. The first kappa shape index (κ1) is 13.9. The molecule has 86 valence electrons. The van der Waals surface area contributed by atoms with Crippen LogP contribution < -0.4 is 5.32 Å². The molecule has 0 aliphatic heterocycles. The molecule has 0 unspecified atom stereocenters. The van der Waals surface area contributed by atoms with Crippen LogP contribution in [0.25, 0.3) is 0 Å². The molecule has 0 amide bonds. The minimum absolute atomic E-state index is 0.450. The quantitative estimate of drug-likeness (QED) is 0.610. The standard InChI is InChI=1S/C12H27NO/c1-5-10-14-11-6-8-13-9-7-12(2,3)4/h13H,5-11H2,1-4H3. The van der Waals surface area contributed by atoms with Crippen LogP contribution in [0.1, 0.15) is 47.0 Å². The summed E-state index contributed by atoms with van der Waals surface area (Å²) in [4.78, 5) is 0. The summed E-state index contributed by atoms with van der Waals surface area (Å²) in [5, 5.41) is 3.44. The average molecular weight is 201 g/mol. The Morgan fingerprint density at radius 3 is 2.36 bits per heavy atom. The highest BCUT2D eigenvalue weighted by atomic mass is 16.5. The molecule has 0 atom stereocenters. The fourth-order valence-corrected chi connectivity index (χ4v) is 1.13. The van der Waals surface area contributed by atoms with Crippen molar-refractivity contribution in [2.45, 2.75) is 47.0 Å². The summed E-state index contributed by atoms with van der Waals surface area (Å²) < 4.78 is 5.39. The molecule has 0 spiro atoms. The van der Waals surface area contributed by atoms with Gasteiger partial charge in [0.15, 0.2) is 0 Å². The van der Waals surface area contributed by atoms with Crippen LogP contribution in [0.15, 0.2) is 0 Å². The lowest BCUT2D eigenvalue weighted by atomic mass is 9.92. The van der Waals surface area contributed by atoms with E-state index in [1.807, 2.05) is 0 Å². The monoisotopic (exact) mass is 201 g/mol. The van der Waals surface area contributed by atoms with Gasteiger partial charge in [-0.15, -0.1) is 0 Å². The number of rotatable bonds is 8. The number of nitrogens with one attached hydrogen (secondary N) is 1. The first-order valence-electron chi connectivity index (χ1n) is 5.85. The van der Waals surface area contributed by atoms with E-state index in [-0.39, 0.29) is 0 Å². The normalized spacial score (nSPS) is 12.0. The molecule has 2 nitrogen and oxygen atoms in total. The number of hydrogen-bond acceptors (Lipinski definition) is 2. The van der Waals surface area contributed by atoms with Gasteiger partial charge in [-0.05, 0) is 37.8 Å². The first-order valence-corrected chi connectivity index (χ1v) is 5.85. The topological polar surface area (TPSA) is 21.3 Å². The maximum atomic E-state index is 5.39. The van der Waals surface area contributed by atoms with Gasteiger partial charge in [0.25, 0.3) is 0 Å². The average Bonchev–Trinajstić information content (AvgIpc) is 2.08. The molecule has 2 heteroatoms. The van der Waals surface area contributed by atoms with Crippen molar-refractivity contribution < 1.29 is 4.74 Å². The van der Waals surface area contributed by atoms with Gasteiger partial charge in [0.05, 0.1) is 0 Å². The Hall–Kier alpha value is -0.0800. The Morgan fingerprint density at radius 2 is 1.79 bits per heavy atom. The Bertz CT molecular complexity index is 118. The van der Waals surface area contributed by atoms with Crippen LogP contribution in [-0.4, -0.2) is 26.3 Å². The van der Waals surface area contributed by atoms with Crippen LogP contribution in [0.4, 0.5) is 0 Å². The van der Waals surface area contributed by atoms with Crippen molar-refractivity contribution in [3.8, 4) is 0 Å². The van der Waals surface area contributed by atoms with Crippen molar-refractivity contribution in [1.82, 2.24) is 5.32 Å². The van der Waals surface area contributed by atoms with Crippen LogP contribution in [0.5, 0.6) is 0 Å². The minimum atomic E-state index is 0.450. The molecule has 0 aliphatic rings. The molecular weight excluding hydrogens is 174 g/mol. The maximum Gasteiger partial charge on any atom is 0.0478 e. The van der Waals surface area contributed by atoms with Crippen molar-refractivity contribution in [1.29, 1.82) is 0 Å². The summed E-state index contributed by atoms with van der Waals surface area (Å²) in [5.74, 6) is 0. The third kappa shape index (κ3) is 11.9. The van der Waals surface area contributed by atoms with E-state index in [2.05, 4.69) is 33.0 Å². The predicted molar refractivity (Wildman–Crippen MR) is 62.7 cm³/mol. The fourth-order valence-electron chi connectivity index (χ4n) is 1.13. The number of ether oxygens (including phenoxy) is 1. The largest absolute Gasteiger partial charge is 0.381 e. The smallest absolute Gasteiger partial charge is 0.0478 e. The molecule has 0 rings (SSSR count). The zero-order chi connectivity index (χ0) is 10.9.